The van der Waals surface area contributed by atoms with E-state index in [0.29, 0.717) is 12.1 Å². The highest BCUT2D eigenvalue weighted by Crippen LogP contribution is 2.34. The van der Waals surface area contributed by atoms with Crippen LogP contribution in [0.1, 0.15) is 18.4 Å². The van der Waals surface area contributed by atoms with Crippen molar-refractivity contribution in [3.8, 4) is 5.75 Å². The fraction of sp³-hybridized carbons (Fsp3) is 0.333. The molecule has 0 spiro atoms. The third-order valence-corrected chi connectivity index (χ3v) is 2.59. The lowest BCUT2D eigenvalue weighted by Crippen LogP contribution is -2.36. The van der Waals surface area contributed by atoms with E-state index < -0.39 is 41.1 Å². The minimum absolute atomic E-state index is 0.180. The van der Waals surface area contributed by atoms with Crippen LogP contribution in [0.3, 0.4) is 0 Å². The normalized spacial score (nSPS) is 12.8. The van der Waals surface area contributed by atoms with Crippen molar-refractivity contribution in [2.24, 2.45) is 5.73 Å². The molecule has 1 amide bonds. The van der Waals surface area contributed by atoms with Gasteiger partial charge >= 0.3 is 12.1 Å². The van der Waals surface area contributed by atoms with Crippen LogP contribution in [-0.4, -0.2) is 28.1 Å². The van der Waals surface area contributed by atoms with Crippen molar-refractivity contribution in [3.05, 3.63) is 23.8 Å². The molecule has 9 heteroatoms. The number of aromatic hydroxyl groups is 1. The van der Waals surface area contributed by atoms with Gasteiger partial charge in [0.1, 0.15) is 5.75 Å². The van der Waals surface area contributed by atoms with E-state index in [1.165, 1.54) is 0 Å². The predicted octanol–water partition coefficient (Wildman–Crippen LogP) is 1.54. The maximum Gasteiger partial charge on any atom is 0.416 e. The molecule has 21 heavy (non-hydrogen) atoms. The summed E-state index contributed by atoms with van der Waals surface area (Å²) in [5.41, 5.74) is 3.92. The molecule has 1 atom stereocenters. The summed E-state index contributed by atoms with van der Waals surface area (Å²) in [4.78, 5) is 22.0. The number of alkyl halides is 3. The number of carboxylic acids is 1. The standard InChI is InChI=1S/C12H13F3N2O4/c13-12(14,15)6-1-3-9(18)8(5-6)17-11(21)7(16)2-4-10(19)20/h1,3,5,7,18H,2,4,16H2,(H,17,21)(H,19,20). The largest absolute Gasteiger partial charge is 0.506 e. The SMILES string of the molecule is NC(CCC(=O)O)C(=O)Nc1cc(C(F)(F)F)ccc1O. The van der Waals surface area contributed by atoms with Crippen molar-refractivity contribution < 1.29 is 33.0 Å². The Morgan fingerprint density at radius 3 is 2.48 bits per heavy atom. The van der Waals surface area contributed by atoms with Crippen LogP contribution in [0.15, 0.2) is 18.2 Å². The molecule has 1 aromatic rings. The summed E-state index contributed by atoms with van der Waals surface area (Å²) in [5, 5.41) is 19.9. The Labute approximate surface area is 117 Å². The zero-order chi connectivity index (χ0) is 16.2. The number of halogens is 3. The molecule has 0 fully saturated rings. The zero-order valence-electron chi connectivity index (χ0n) is 10.6. The second-order valence-corrected chi connectivity index (χ2v) is 4.26. The Morgan fingerprint density at radius 1 is 1.33 bits per heavy atom. The van der Waals surface area contributed by atoms with Crippen molar-refractivity contribution in [2.45, 2.75) is 25.1 Å². The Morgan fingerprint density at radius 2 is 1.95 bits per heavy atom. The van der Waals surface area contributed by atoms with E-state index in [4.69, 9.17) is 10.8 Å². The van der Waals surface area contributed by atoms with Gasteiger partial charge in [-0.25, -0.2) is 0 Å². The fourth-order valence-corrected chi connectivity index (χ4v) is 1.45. The number of hydrogen-bond acceptors (Lipinski definition) is 4. The van der Waals surface area contributed by atoms with Crippen molar-refractivity contribution in [1.82, 2.24) is 0 Å². The number of phenols is 1. The first-order valence-electron chi connectivity index (χ1n) is 5.79. The van der Waals surface area contributed by atoms with Crippen LogP contribution >= 0.6 is 0 Å². The molecule has 0 saturated heterocycles. The van der Waals surface area contributed by atoms with Gasteiger partial charge in [-0.15, -0.1) is 0 Å². The number of phenolic OH excluding ortho intramolecular Hbond substituents is 1. The summed E-state index contributed by atoms with van der Waals surface area (Å²) in [6.45, 7) is 0. The van der Waals surface area contributed by atoms with Gasteiger partial charge < -0.3 is 21.3 Å². The molecule has 0 aliphatic carbocycles. The highest BCUT2D eigenvalue weighted by molar-refractivity contribution is 5.96. The van der Waals surface area contributed by atoms with E-state index in [1.807, 2.05) is 5.32 Å². The van der Waals surface area contributed by atoms with Crippen molar-refractivity contribution >= 4 is 17.6 Å². The van der Waals surface area contributed by atoms with Gasteiger partial charge in [0, 0.05) is 6.42 Å². The second kappa shape index (κ2) is 6.44. The number of aliphatic carboxylic acids is 1. The highest BCUT2D eigenvalue weighted by atomic mass is 19.4. The van der Waals surface area contributed by atoms with Crippen LogP contribution in [0.2, 0.25) is 0 Å². The lowest BCUT2D eigenvalue weighted by Gasteiger charge is -2.14. The average Bonchev–Trinajstić information content (AvgIpc) is 2.36. The van der Waals surface area contributed by atoms with E-state index in [1.54, 1.807) is 0 Å². The van der Waals surface area contributed by atoms with Gasteiger partial charge in [-0.3, -0.25) is 9.59 Å². The first-order chi connectivity index (χ1) is 9.61. The van der Waals surface area contributed by atoms with Crippen LogP contribution in [-0.2, 0) is 15.8 Å². The van der Waals surface area contributed by atoms with Crippen molar-refractivity contribution in [3.63, 3.8) is 0 Å². The number of rotatable bonds is 5. The molecule has 6 nitrogen and oxygen atoms in total. The molecule has 5 N–H and O–H groups in total. The Bertz CT molecular complexity index is 546. The first-order valence-corrected chi connectivity index (χ1v) is 5.79. The average molecular weight is 306 g/mol. The summed E-state index contributed by atoms with van der Waals surface area (Å²) >= 11 is 0. The maximum absolute atomic E-state index is 12.5. The molecule has 116 valence electrons. The fourth-order valence-electron chi connectivity index (χ4n) is 1.45. The van der Waals surface area contributed by atoms with Gasteiger partial charge in [-0.2, -0.15) is 13.2 Å². The summed E-state index contributed by atoms with van der Waals surface area (Å²) < 4.78 is 37.6. The molecule has 1 unspecified atom stereocenters. The molecule has 0 aromatic heterocycles. The summed E-state index contributed by atoms with van der Waals surface area (Å²) in [6.07, 6.45) is -5.16. The molecule has 1 aromatic carbocycles. The molecule has 0 bridgehead atoms. The van der Waals surface area contributed by atoms with E-state index in [2.05, 4.69) is 0 Å². The van der Waals surface area contributed by atoms with E-state index in [9.17, 15) is 27.9 Å². The number of carbonyl (C=O) groups is 2. The minimum atomic E-state index is -4.63. The highest BCUT2D eigenvalue weighted by Gasteiger charge is 2.31. The number of anilines is 1. The Hall–Kier alpha value is -2.29. The number of carboxylic acid groups (broad SMARTS) is 1. The van der Waals surface area contributed by atoms with E-state index >= 15 is 0 Å². The monoisotopic (exact) mass is 306 g/mol. The third-order valence-electron chi connectivity index (χ3n) is 2.59. The molecule has 1 rings (SSSR count). The quantitative estimate of drug-likeness (QED) is 0.616. The van der Waals surface area contributed by atoms with Gasteiger partial charge in [0.15, 0.2) is 0 Å². The number of benzene rings is 1. The number of hydrogen-bond donors (Lipinski definition) is 4. The van der Waals surface area contributed by atoms with Gasteiger partial charge in [-0.05, 0) is 24.6 Å². The smallest absolute Gasteiger partial charge is 0.416 e. The van der Waals surface area contributed by atoms with Crippen LogP contribution in [0.25, 0.3) is 0 Å². The second-order valence-electron chi connectivity index (χ2n) is 4.26. The molecule has 0 saturated carbocycles. The third kappa shape index (κ3) is 4.95. The minimum Gasteiger partial charge on any atom is -0.506 e. The van der Waals surface area contributed by atoms with E-state index in [-0.39, 0.29) is 12.8 Å². The predicted molar refractivity (Wildman–Crippen MR) is 66.6 cm³/mol. The Kier molecular flexibility index (Phi) is 5.14. The molecule has 0 aliphatic heterocycles. The molecular weight excluding hydrogens is 293 g/mol. The number of nitrogens with one attached hydrogen (secondary N) is 1. The number of amides is 1. The van der Waals surface area contributed by atoms with Crippen LogP contribution in [0.5, 0.6) is 5.75 Å². The van der Waals surface area contributed by atoms with Crippen molar-refractivity contribution in [2.75, 3.05) is 5.32 Å². The molecular formula is C12H13F3N2O4. The first kappa shape index (κ1) is 16.8. The van der Waals surface area contributed by atoms with E-state index in [0.717, 1.165) is 6.07 Å². The zero-order valence-corrected chi connectivity index (χ0v) is 10.6. The van der Waals surface area contributed by atoms with Crippen LogP contribution in [0.4, 0.5) is 18.9 Å². The molecule has 0 aliphatic rings. The maximum atomic E-state index is 12.5. The summed E-state index contributed by atoms with van der Waals surface area (Å²) in [5.74, 6) is -2.59. The van der Waals surface area contributed by atoms with Gasteiger partial charge in [0.2, 0.25) is 5.91 Å². The van der Waals surface area contributed by atoms with Crippen LogP contribution < -0.4 is 11.1 Å². The topological polar surface area (TPSA) is 113 Å². The number of nitrogens with two attached hydrogens (primary N) is 1. The van der Waals surface area contributed by atoms with Gasteiger partial charge in [0.25, 0.3) is 0 Å². The number of carbonyl (C=O) groups excluding carboxylic acids is 1. The van der Waals surface area contributed by atoms with Crippen LogP contribution in [0, 0.1) is 0 Å². The molecule has 0 radical (unpaired) electrons. The van der Waals surface area contributed by atoms with Crippen molar-refractivity contribution in [1.29, 1.82) is 0 Å². The molecule has 0 heterocycles. The summed E-state index contributed by atoms with van der Waals surface area (Å²) in [6, 6.07) is 0.809. The van der Waals surface area contributed by atoms with Gasteiger partial charge in [0.05, 0.1) is 17.3 Å². The Balaban J connectivity index is 2.82. The van der Waals surface area contributed by atoms with Gasteiger partial charge in [-0.1, -0.05) is 0 Å². The lowest BCUT2D eigenvalue weighted by atomic mass is 10.1. The summed E-state index contributed by atoms with van der Waals surface area (Å²) in [7, 11) is 0. The lowest BCUT2D eigenvalue weighted by molar-refractivity contribution is -0.138.